The van der Waals surface area contributed by atoms with Crippen molar-refractivity contribution in [3.8, 4) is 11.5 Å². The molecule has 12 heteroatoms. The quantitative estimate of drug-likeness (QED) is 0.314. The summed E-state index contributed by atoms with van der Waals surface area (Å²) in [6.07, 6.45) is 0.387. The highest BCUT2D eigenvalue weighted by atomic mass is 19.4. The van der Waals surface area contributed by atoms with E-state index in [1.165, 1.54) is 0 Å². The summed E-state index contributed by atoms with van der Waals surface area (Å²) >= 11 is 0. The topological polar surface area (TPSA) is 118 Å². The number of hydrogen-bond acceptors (Lipinski definition) is 7. The van der Waals surface area contributed by atoms with Crippen LogP contribution in [0.25, 0.3) is 11.5 Å². The minimum absolute atomic E-state index is 0.123. The van der Waals surface area contributed by atoms with E-state index in [1.807, 2.05) is 65.3 Å². The number of nitrogens with two attached hydrogens (primary N) is 1. The number of oxazole rings is 1. The highest BCUT2D eigenvalue weighted by molar-refractivity contribution is 5.82. The van der Waals surface area contributed by atoms with E-state index in [0.29, 0.717) is 62.8 Å². The monoisotopic (exact) mass is 586 g/mol. The third-order valence-electron chi connectivity index (χ3n) is 7.46. The molecule has 1 saturated heterocycles. The van der Waals surface area contributed by atoms with Gasteiger partial charge in [0, 0.05) is 44.2 Å². The summed E-state index contributed by atoms with van der Waals surface area (Å²) in [5.74, 6) is -0.491. The van der Waals surface area contributed by atoms with Crippen LogP contribution < -0.4 is 11.1 Å². The zero-order valence-electron chi connectivity index (χ0n) is 23.6. The molecule has 42 heavy (non-hydrogen) atoms. The first-order valence-corrected chi connectivity index (χ1v) is 14.1. The van der Waals surface area contributed by atoms with E-state index < -0.39 is 30.6 Å². The molecule has 3 heterocycles. The maximum absolute atomic E-state index is 13.0. The molecular formula is C30H37F3N6O3. The third-order valence-corrected chi connectivity index (χ3v) is 7.46. The second-order valence-electron chi connectivity index (χ2n) is 10.8. The lowest BCUT2D eigenvalue weighted by molar-refractivity contribution is -0.143. The smallest absolute Gasteiger partial charge is 0.405 e. The van der Waals surface area contributed by atoms with Crippen LogP contribution in [-0.2, 0) is 16.0 Å². The van der Waals surface area contributed by atoms with E-state index in [9.17, 15) is 22.8 Å². The first-order valence-electron chi connectivity index (χ1n) is 14.1. The number of carbonyl (C=O) groups is 2. The lowest BCUT2D eigenvalue weighted by Gasteiger charge is -2.41. The summed E-state index contributed by atoms with van der Waals surface area (Å²) in [5.41, 5.74) is 7.33. The molecule has 0 saturated carbocycles. The van der Waals surface area contributed by atoms with Crippen molar-refractivity contribution in [2.24, 2.45) is 11.7 Å². The van der Waals surface area contributed by atoms with Crippen LogP contribution in [0.2, 0.25) is 0 Å². The molecule has 226 valence electrons. The van der Waals surface area contributed by atoms with Crippen LogP contribution in [0.5, 0.6) is 0 Å². The lowest BCUT2D eigenvalue weighted by atomic mass is 9.94. The Labute approximate surface area is 243 Å². The van der Waals surface area contributed by atoms with Crippen LogP contribution in [-0.4, -0.2) is 83.1 Å². The zero-order valence-corrected chi connectivity index (χ0v) is 23.6. The standard InChI is InChI=1S/C30H37F3N6O3/c1-21(29-36-17-26(42-29)24-11-5-6-12-35-24)18-38-14-15-39(25(19-38)28(41)37-20-30(31,32)33)13-7-10-23(27(34)40)16-22-8-3-2-4-9-22/h2-6,8-9,11-12,17,21,23,25H,7,10,13-16,18-20H2,1H3,(H2,34,40)(H,37,41). The van der Waals surface area contributed by atoms with E-state index in [4.69, 9.17) is 10.2 Å². The van der Waals surface area contributed by atoms with Gasteiger partial charge in [0.05, 0.1) is 6.20 Å². The Hall–Kier alpha value is -3.77. The van der Waals surface area contributed by atoms with E-state index >= 15 is 0 Å². The Morgan fingerprint density at radius 1 is 1.12 bits per heavy atom. The first-order chi connectivity index (χ1) is 20.1. The van der Waals surface area contributed by atoms with Crippen molar-refractivity contribution in [2.45, 2.75) is 44.3 Å². The normalized spacial score (nSPS) is 18.0. The van der Waals surface area contributed by atoms with Crippen LogP contribution in [0.1, 0.15) is 37.1 Å². The van der Waals surface area contributed by atoms with E-state index in [2.05, 4.69) is 15.3 Å². The summed E-state index contributed by atoms with van der Waals surface area (Å²) in [6.45, 7) is 2.89. The fourth-order valence-electron chi connectivity index (χ4n) is 5.26. The van der Waals surface area contributed by atoms with Gasteiger partial charge < -0.3 is 15.5 Å². The van der Waals surface area contributed by atoms with Gasteiger partial charge in [-0.05, 0) is 43.5 Å². The van der Waals surface area contributed by atoms with E-state index in [0.717, 1.165) is 5.56 Å². The van der Waals surface area contributed by atoms with Gasteiger partial charge >= 0.3 is 6.18 Å². The minimum Gasteiger partial charge on any atom is -0.439 e. The molecule has 3 unspecified atom stereocenters. The molecule has 2 amide bonds. The second-order valence-corrected chi connectivity index (χ2v) is 10.8. The Morgan fingerprint density at radius 2 is 1.88 bits per heavy atom. The lowest BCUT2D eigenvalue weighted by Crippen LogP contribution is -2.60. The zero-order chi connectivity index (χ0) is 30.1. The van der Waals surface area contributed by atoms with Gasteiger partial charge in [-0.25, -0.2) is 4.98 Å². The van der Waals surface area contributed by atoms with Crippen LogP contribution >= 0.6 is 0 Å². The Kier molecular flexibility index (Phi) is 10.7. The van der Waals surface area contributed by atoms with Crippen molar-refractivity contribution in [2.75, 3.05) is 39.3 Å². The molecule has 0 aliphatic carbocycles. The molecule has 1 aliphatic rings. The maximum Gasteiger partial charge on any atom is 0.405 e. The Bertz CT molecular complexity index is 1290. The molecule has 3 aromatic rings. The van der Waals surface area contributed by atoms with Gasteiger partial charge in [-0.3, -0.25) is 24.4 Å². The van der Waals surface area contributed by atoms with Gasteiger partial charge in [-0.15, -0.1) is 0 Å². The molecule has 1 aromatic carbocycles. The summed E-state index contributed by atoms with van der Waals surface area (Å²) < 4.78 is 44.6. The number of aromatic nitrogens is 2. The summed E-state index contributed by atoms with van der Waals surface area (Å²) in [4.78, 5) is 37.7. The van der Waals surface area contributed by atoms with Gasteiger partial charge in [-0.1, -0.05) is 43.3 Å². The number of rotatable bonds is 13. The fourth-order valence-corrected chi connectivity index (χ4v) is 5.26. The molecule has 3 N–H and O–H groups in total. The Balaban J connectivity index is 1.37. The number of hydrogen-bond donors (Lipinski definition) is 2. The average Bonchev–Trinajstić information content (AvgIpc) is 3.47. The van der Waals surface area contributed by atoms with Crippen LogP contribution in [0, 0.1) is 5.92 Å². The van der Waals surface area contributed by atoms with E-state index in [1.54, 1.807) is 12.4 Å². The highest BCUT2D eigenvalue weighted by Crippen LogP contribution is 2.24. The number of alkyl halides is 3. The van der Waals surface area contributed by atoms with E-state index in [-0.39, 0.29) is 18.4 Å². The van der Waals surface area contributed by atoms with Crippen LogP contribution in [0.15, 0.2) is 65.3 Å². The van der Waals surface area contributed by atoms with Crippen LogP contribution in [0.4, 0.5) is 13.2 Å². The van der Waals surface area contributed by atoms with Crippen LogP contribution in [0.3, 0.4) is 0 Å². The number of benzene rings is 1. The average molecular weight is 587 g/mol. The van der Waals surface area contributed by atoms with Crippen molar-refractivity contribution >= 4 is 11.8 Å². The van der Waals surface area contributed by atoms with Crippen molar-refractivity contribution < 1.29 is 27.2 Å². The number of amides is 2. The summed E-state index contributed by atoms with van der Waals surface area (Å²) in [6, 6.07) is 14.3. The molecule has 0 bridgehead atoms. The molecular weight excluding hydrogens is 549 g/mol. The summed E-state index contributed by atoms with van der Waals surface area (Å²) in [7, 11) is 0. The predicted octanol–water partition coefficient (Wildman–Crippen LogP) is 3.63. The molecule has 1 fully saturated rings. The molecule has 3 atom stereocenters. The summed E-state index contributed by atoms with van der Waals surface area (Å²) in [5, 5.41) is 2.06. The van der Waals surface area contributed by atoms with Crippen molar-refractivity contribution in [3.63, 3.8) is 0 Å². The molecule has 0 radical (unpaired) electrons. The third kappa shape index (κ3) is 9.12. The SMILES string of the molecule is CC(CN1CCN(CCCC(Cc2ccccc2)C(N)=O)C(C(=O)NCC(F)(F)F)C1)c1ncc(-c2ccccn2)o1. The second kappa shape index (κ2) is 14.4. The number of halogens is 3. The molecule has 0 spiro atoms. The molecule has 1 aliphatic heterocycles. The van der Waals surface area contributed by atoms with Gasteiger partial charge in [0.15, 0.2) is 11.7 Å². The van der Waals surface area contributed by atoms with Crippen molar-refractivity contribution in [1.82, 2.24) is 25.1 Å². The van der Waals surface area contributed by atoms with Gasteiger partial charge in [-0.2, -0.15) is 13.2 Å². The number of piperazine rings is 1. The number of nitrogens with one attached hydrogen (secondary N) is 1. The largest absolute Gasteiger partial charge is 0.439 e. The molecule has 9 nitrogen and oxygen atoms in total. The molecule has 2 aromatic heterocycles. The van der Waals surface area contributed by atoms with Crippen molar-refractivity contribution in [3.05, 3.63) is 72.4 Å². The highest BCUT2D eigenvalue weighted by Gasteiger charge is 2.35. The van der Waals surface area contributed by atoms with Gasteiger partial charge in [0.25, 0.3) is 0 Å². The van der Waals surface area contributed by atoms with Gasteiger partial charge in [0.1, 0.15) is 18.3 Å². The number of nitrogens with zero attached hydrogens (tertiary/aromatic N) is 4. The number of pyridine rings is 1. The molecule has 4 rings (SSSR count). The maximum atomic E-state index is 13.0. The first kappa shape index (κ1) is 31.2. The van der Waals surface area contributed by atoms with Crippen molar-refractivity contribution in [1.29, 1.82) is 0 Å². The Morgan fingerprint density at radius 3 is 2.57 bits per heavy atom. The number of primary amides is 1. The number of carbonyl (C=O) groups excluding carboxylic acids is 2. The van der Waals surface area contributed by atoms with Gasteiger partial charge in [0.2, 0.25) is 11.8 Å². The predicted molar refractivity (Wildman–Crippen MR) is 151 cm³/mol. The minimum atomic E-state index is -4.51. The fraction of sp³-hybridized carbons (Fsp3) is 0.467.